The molecule has 2 spiro atoms. The smallest absolute Gasteiger partial charge is 0.336 e. The molecule has 2 aliphatic carbocycles. The number of aliphatic hydroxyl groups excluding tert-OH is 2. The van der Waals surface area contributed by atoms with Gasteiger partial charge in [0.1, 0.15) is 23.9 Å². The maximum atomic E-state index is 12.4. The number of aliphatic hydroxyl groups is 4. The fourth-order valence-corrected chi connectivity index (χ4v) is 5.66. The Morgan fingerprint density at radius 2 is 1.87 bits per heavy atom. The van der Waals surface area contributed by atoms with Gasteiger partial charge in [-0.3, -0.25) is 4.79 Å². The van der Waals surface area contributed by atoms with Gasteiger partial charge >= 0.3 is 11.9 Å². The van der Waals surface area contributed by atoms with Gasteiger partial charge in [-0.1, -0.05) is 6.92 Å². The van der Waals surface area contributed by atoms with Crippen LogP contribution in [0.25, 0.3) is 0 Å². The molecule has 8 nitrogen and oxygen atoms in total. The van der Waals surface area contributed by atoms with Crippen molar-refractivity contribution < 1.29 is 39.5 Å². The third kappa shape index (κ3) is 1.18. The van der Waals surface area contributed by atoms with Gasteiger partial charge in [-0.15, -0.1) is 0 Å². The van der Waals surface area contributed by atoms with Crippen LogP contribution < -0.4 is 0 Å². The van der Waals surface area contributed by atoms with Crippen molar-refractivity contribution in [3.8, 4) is 0 Å². The van der Waals surface area contributed by atoms with E-state index in [0.29, 0.717) is 0 Å². The molecule has 2 bridgehead atoms. The van der Waals surface area contributed by atoms with Crippen molar-refractivity contribution in [2.45, 2.75) is 56.2 Å². The van der Waals surface area contributed by atoms with Crippen LogP contribution in [0.4, 0.5) is 0 Å². The monoisotopic (exact) mass is 328 g/mol. The Kier molecular flexibility index (Phi) is 2.58. The Morgan fingerprint density at radius 3 is 2.39 bits per heavy atom. The normalized spacial score (nSPS) is 60.8. The third-order valence-corrected chi connectivity index (χ3v) is 7.05. The molecule has 0 radical (unpaired) electrons. The zero-order chi connectivity index (χ0) is 17.0. The molecule has 4 N–H and O–H groups in total. The van der Waals surface area contributed by atoms with Crippen LogP contribution in [0, 0.1) is 16.7 Å². The molecule has 0 aromatic heterocycles. The molecule has 4 rings (SSSR count). The number of ether oxygens (including phenoxy) is 2. The highest BCUT2D eigenvalue weighted by Gasteiger charge is 2.89. The van der Waals surface area contributed by atoms with Gasteiger partial charge in [0.05, 0.1) is 6.10 Å². The Morgan fingerprint density at radius 1 is 1.22 bits per heavy atom. The van der Waals surface area contributed by atoms with Gasteiger partial charge in [-0.05, 0) is 25.7 Å². The second kappa shape index (κ2) is 3.88. The van der Waals surface area contributed by atoms with E-state index in [2.05, 4.69) is 0 Å². The molecule has 2 saturated heterocycles. The summed E-state index contributed by atoms with van der Waals surface area (Å²) in [6.07, 6.45) is -4.06. The van der Waals surface area contributed by atoms with Crippen LogP contribution in [0.3, 0.4) is 0 Å². The van der Waals surface area contributed by atoms with Gasteiger partial charge in [0, 0.05) is 5.41 Å². The van der Waals surface area contributed by atoms with Crippen LogP contribution >= 0.6 is 0 Å². The Labute approximate surface area is 132 Å². The van der Waals surface area contributed by atoms with E-state index in [1.807, 2.05) is 0 Å². The summed E-state index contributed by atoms with van der Waals surface area (Å²) in [6, 6.07) is 0. The number of hydrogen-bond donors (Lipinski definition) is 4. The van der Waals surface area contributed by atoms with E-state index in [0.717, 1.165) is 0 Å². The fourth-order valence-electron chi connectivity index (χ4n) is 5.66. The number of carbonyl (C=O) groups excluding carboxylic acids is 2. The summed E-state index contributed by atoms with van der Waals surface area (Å²) >= 11 is 0. The van der Waals surface area contributed by atoms with Crippen molar-refractivity contribution in [2.24, 2.45) is 16.7 Å². The maximum absolute atomic E-state index is 12.4. The summed E-state index contributed by atoms with van der Waals surface area (Å²) in [7, 11) is 0. The van der Waals surface area contributed by atoms with Crippen molar-refractivity contribution in [3.63, 3.8) is 0 Å². The molecule has 8 atom stereocenters. The molecule has 2 heterocycles. The van der Waals surface area contributed by atoms with Gasteiger partial charge in [-0.25, -0.2) is 4.79 Å². The number of hydrogen-bond acceptors (Lipinski definition) is 8. The van der Waals surface area contributed by atoms with Crippen molar-refractivity contribution in [1.29, 1.82) is 0 Å². The second-order valence-corrected chi connectivity index (χ2v) is 7.62. The first-order valence-corrected chi connectivity index (χ1v) is 7.76. The lowest BCUT2D eigenvalue weighted by molar-refractivity contribution is -0.371. The van der Waals surface area contributed by atoms with Gasteiger partial charge in [0.15, 0.2) is 11.5 Å². The van der Waals surface area contributed by atoms with Crippen LogP contribution in [-0.2, 0) is 19.1 Å². The Balaban J connectivity index is 2.04. The lowest BCUT2D eigenvalue weighted by Crippen LogP contribution is -2.87. The van der Waals surface area contributed by atoms with E-state index in [-0.39, 0.29) is 19.4 Å². The summed E-state index contributed by atoms with van der Waals surface area (Å²) in [5, 5.41) is 43.7. The number of fused-ring (bicyclic) bond motifs is 2. The van der Waals surface area contributed by atoms with Gasteiger partial charge < -0.3 is 29.9 Å². The minimum absolute atomic E-state index is 0.0311. The van der Waals surface area contributed by atoms with Crippen molar-refractivity contribution >= 4 is 11.9 Å². The molecule has 0 amide bonds. The van der Waals surface area contributed by atoms with Crippen molar-refractivity contribution in [1.82, 2.24) is 0 Å². The van der Waals surface area contributed by atoms with Crippen LogP contribution in [-0.4, -0.2) is 68.5 Å². The number of carbonyl (C=O) groups is 2. The van der Waals surface area contributed by atoms with Gasteiger partial charge in [0.25, 0.3) is 0 Å². The SMILES string of the molecule is C[C@@H]1C[C@@H](O)[C@@]2(O)[C@@]13C[C@@H](OC(=O)[C@H]3O)[C@](C)(O)[C@@]21COC1=O. The Bertz CT molecular complexity index is 617. The highest BCUT2D eigenvalue weighted by Crippen LogP contribution is 2.72. The summed E-state index contributed by atoms with van der Waals surface area (Å²) in [6.45, 7) is 2.71. The first kappa shape index (κ1) is 15.3. The summed E-state index contributed by atoms with van der Waals surface area (Å²) in [4.78, 5) is 24.5. The quantitative estimate of drug-likeness (QED) is 0.379. The number of rotatable bonds is 0. The highest BCUT2D eigenvalue weighted by molar-refractivity contribution is 5.88. The largest absolute Gasteiger partial charge is 0.464 e. The van der Waals surface area contributed by atoms with E-state index in [4.69, 9.17) is 9.47 Å². The molecule has 128 valence electrons. The van der Waals surface area contributed by atoms with Crippen LogP contribution in [0.5, 0.6) is 0 Å². The predicted octanol–water partition coefficient (Wildman–Crippen LogP) is -1.91. The average Bonchev–Trinajstić information content (AvgIpc) is 2.64. The lowest BCUT2D eigenvalue weighted by Gasteiger charge is -2.69. The molecule has 8 heteroatoms. The topological polar surface area (TPSA) is 134 Å². The molecule has 2 saturated carbocycles. The first-order valence-electron chi connectivity index (χ1n) is 7.76. The molecule has 0 aromatic carbocycles. The predicted molar refractivity (Wildman–Crippen MR) is 71.7 cm³/mol. The zero-order valence-corrected chi connectivity index (χ0v) is 12.9. The van der Waals surface area contributed by atoms with Crippen LogP contribution in [0.15, 0.2) is 0 Å². The molecular weight excluding hydrogens is 308 g/mol. The fraction of sp³-hybridized carbons (Fsp3) is 0.867. The zero-order valence-electron chi connectivity index (χ0n) is 12.9. The van der Waals surface area contributed by atoms with Gasteiger partial charge in [-0.2, -0.15) is 0 Å². The standard InChI is InChI=1S/C15H20O8/c1-6-3-7(16)15(21)13(6)4-8(23-10(18)9(13)17)12(2,20)14(15)5-22-11(14)19/h6-9,16-17,20-21H,3-5H2,1-2H3/t6-,7-,8-,9-,12+,13+,14+,15-/m1/s1. The summed E-state index contributed by atoms with van der Waals surface area (Å²) in [5.74, 6) is -2.25. The molecule has 4 fully saturated rings. The highest BCUT2D eigenvalue weighted by atomic mass is 16.6. The average molecular weight is 328 g/mol. The van der Waals surface area contributed by atoms with Crippen LogP contribution in [0.2, 0.25) is 0 Å². The Hall–Kier alpha value is -1.22. The minimum atomic E-state index is -2.17. The van der Waals surface area contributed by atoms with Crippen molar-refractivity contribution in [2.75, 3.05) is 6.61 Å². The van der Waals surface area contributed by atoms with E-state index in [1.54, 1.807) is 6.92 Å². The van der Waals surface area contributed by atoms with E-state index in [1.165, 1.54) is 6.92 Å². The number of esters is 2. The first-order chi connectivity index (χ1) is 10.6. The molecular formula is C15H20O8. The van der Waals surface area contributed by atoms with Crippen molar-refractivity contribution in [3.05, 3.63) is 0 Å². The maximum Gasteiger partial charge on any atom is 0.336 e. The summed E-state index contributed by atoms with van der Waals surface area (Å²) in [5.41, 5.74) is -7.39. The second-order valence-electron chi connectivity index (χ2n) is 7.62. The number of cyclic esters (lactones) is 1. The molecule has 2 aliphatic heterocycles. The van der Waals surface area contributed by atoms with E-state index < -0.39 is 58.2 Å². The van der Waals surface area contributed by atoms with Crippen LogP contribution in [0.1, 0.15) is 26.7 Å². The molecule has 23 heavy (non-hydrogen) atoms. The third-order valence-electron chi connectivity index (χ3n) is 7.05. The molecule has 0 unspecified atom stereocenters. The minimum Gasteiger partial charge on any atom is -0.464 e. The van der Waals surface area contributed by atoms with E-state index >= 15 is 0 Å². The molecule has 0 aromatic rings. The molecule has 4 aliphatic rings. The van der Waals surface area contributed by atoms with Gasteiger partial charge in [0.2, 0.25) is 0 Å². The summed E-state index contributed by atoms with van der Waals surface area (Å²) < 4.78 is 10.0. The lowest BCUT2D eigenvalue weighted by atomic mass is 9.42. The van der Waals surface area contributed by atoms with E-state index in [9.17, 15) is 30.0 Å².